The Morgan fingerprint density at radius 3 is 2.23 bits per heavy atom. The summed E-state index contributed by atoms with van der Waals surface area (Å²) in [7, 11) is 0. The highest BCUT2D eigenvalue weighted by atomic mass is 16.5. The molecule has 22 heavy (non-hydrogen) atoms. The van der Waals surface area contributed by atoms with Crippen LogP contribution in [-0.4, -0.2) is 12.6 Å². The standard InChI is InChI=1S/C19H21NO2/c1-2-22-18(21)13-19(16-7-9-17(20)10-8-16)11-14-5-3-4-6-15(14)12-19/h3-10H,2,11-13,20H2,1H3. The Morgan fingerprint density at radius 2 is 1.68 bits per heavy atom. The van der Waals surface area contributed by atoms with Crippen LogP contribution in [0.4, 0.5) is 5.69 Å². The summed E-state index contributed by atoms with van der Waals surface area (Å²) in [5.41, 5.74) is 10.1. The molecule has 114 valence electrons. The van der Waals surface area contributed by atoms with E-state index in [2.05, 4.69) is 24.3 Å². The van der Waals surface area contributed by atoms with Crippen molar-refractivity contribution in [2.24, 2.45) is 0 Å². The maximum absolute atomic E-state index is 12.1. The number of nitrogen functional groups attached to an aromatic ring is 1. The van der Waals surface area contributed by atoms with Crippen molar-refractivity contribution in [3.8, 4) is 0 Å². The van der Waals surface area contributed by atoms with E-state index in [4.69, 9.17) is 10.5 Å². The average Bonchev–Trinajstić information content (AvgIpc) is 2.87. The molecule has 0 fully saturated rings. The number of nitrogens with two attached hydrogens (primary N) is 1. The molecule has 0 radical (unpaired) electrons. The number of carbonyl (C=O) groups excluding carboxylic acids is 1. The van der Waals surface area contributed by atoms with E-state index in [-0.39, 0.29) is 11.4 Å². The molecule has 1 aliphatic rings. The van der Waals surface area contributed by atoms with Gasteiger partial charge in [0.25, 0.3) is 0 Å². The molecule has 0 saturated carbocycles. The molecular formula is C19H21NO2. The minimum atomic E-state index is -0.219. The van der Waals surface area contributed by atoms with E-state index >= 15 is 0 Å². The molecule has 2 N–H and O–H groups in total. The first kappa shape index (κ1) is 14.6. The van der Waals surface area contributed by atoms with Crippen LogP contribution in [0.15, 0.2) is 48.5 Å². The van der Waals surface area contributed by atoms with Crippen LogP contribution in [0.3, 0.4) is 0 Å². The highest BCUT2D eigenvalue weighted by Gasteiger charge is 2.40. The minimum absolute atomic E-state index is 0.132. The second-order valence-electron chi connectivity index (χ2n) is 6.01. The van der Waals surface area contributed by atoms with Crippen LogP contribution in [-0.2, 0) is 27.8 Å². The lowest BCUT2D eigenvalue weighted by atomic mass is 9.75. The lowest BCUT2D eigenvalue weighted by molar-refractivity contribution is -0.144. The number of rotatable bonds is 4. The van der Waals surface area contributed by atoms with Crippen molar-refractivity contribution in [3.63, 3.8) is 0 Å². The van der Waals surface area contributed by atoms with E-state index in [1.54, 1.807) is 0 Å². The van der Waals surface area contributed by atoms with Gasteiger partial charge in [-0.05, 0) is 48.6 Å². The van der Waals surface area contributed by atoms with E-state index in [1.807, 2.05) is 31.2 Å². The molecule has 0 bridgehead atoms. The van der Waals surface area contributed by atoms with Crippen LogP contribution >= 0.6 is 0 Å². The van der Waals surface area contributed by atoms with Crippen LogP contribution in [0.2, 0.25) is 0 Å². The molecule has 0 unspecified atom stereocenters. The third-order valence-corrected chi connectivity index (χ3v) is 4.49. The van der Waals surface area contributed by atoms with Crippen molar-refractivity contribution < 1.29 is 9.53 Å². The van der Waals surface area contributed by atoms with Crippen LogP contribution in [0.1, 0.15) is 30.0 Å². The molecule has 0 atom stereocenters. The smallest absolute Gasteiger partial charge is 0.306 e. The molecule has 0 aliphatic heterocycles. The van der Waals surface area contributed by atoms with E-state index in [0.29, 0.717) is 13.0 Å². The summed E-state index contributed by atoms with van der Waals surface area (Å²) in [5, 5.41) is 0. The summed E-state index contributed by atoms with van der Waals surface area (Å²) >= 11 is 0. The minimum Gasteiger partial charge on any atom is -0.466 e. The SMILES string of the molecule is CCOC(=O)CC1(c2ccc(N)cc2)Cc2ccccc2C1. The van der Waals surface area contributed by atoms with Gasteiger partial charge in [0.15, 0.2) is 0 Å². The second kappa shape index (κ2) is 5.84. The number of hydrogen-bond donors (Lipinski definition) is 1. The number of fused-ring (bicyclic) bond motifs is 1. The number of anilines is 1. The summed E-state index contributed by atoms with van der Waals surface area (Å²) in [4.78, 5) is 12.1. The molecule has 3 heteroatoms. The number of ether oxygens (including phenoxy) is 1. The molecule has 2 aromatic carbocycles. The Labute approximate surface area is 131 Å². The third-order valence-electron chi connectivity index (χ3n) is 4.49. The fourth-order valence-corrected chi connectivity index (χ4v) is 3.45. The highest BCUT2D eigenvalue weighted by Crippen LogP contribution is 2.42. The highest BCUT2D eigenvalue weighted by molar-refractivity contribution is 5.72. The Hall–Kier alpha value is -2.29. The molecule has 1 aliphatic carbocycles. The second-order valence-corrected chi connectivity index (χ2v) is 6.01. The van der Waals surface area contributed by atoms with Gasteiger partial charge >= 0.3 is 5.97 Å². The van der Waals surface area contributed by atoms with Crippen molar-refractivity contribution in [1.29, 1.82) is 0 Å². The van der Waals surface area contributed by atoms with E-state index in [1.165, 1.54) is 11.1 Å². The van der Waals surface area contributed by atoms with Crippen molar-refractivity contribution in [3.05, 3.63) is 65.2 Å². The molecule has 3 nitrogen and oxygen atoms in total. The van der Waals surface area contributed by atoms with Gasteiger partial charge in [-0.1, -0.05) is 36.4 Å². The fraction of sp³-hybridized carbons (Fsp3) is 0.316. The van der Waals surface area contributed by atoms with Gasteiger partial charge in [-0.3, -0.25) is 4.79 Å². The lowest BCUT2D eigenvalue weighted by Gasteiger charge is -2.29. The maximum atomic E-state index is 12.1. The van der Waals surface area contributed by atoms with Crippen LogP contribution in [0, 0.1) is 0 Å². The number of carbonyl (C=O) groups is 1. The summed E-state index contributed by atoms with van der Waals surface area (Å²) in [6.07, 6.45) is 2.14. The van der Waals surface area contributed by atoms with E-state index in [0.717, 1.165) is 24.1 Å². The predicted molar refractivity (Wildman–Crippen MR) is 87.6 cm³/mol. The van der Waals surface area contributed by atoms with Crippen molar-refractivity contribution in [1.82, 2.24) is 0 Å². The Balaban J connectivity index is 1.97. The van der Waals surface area contributed by atoms with E-state index in [9.17, 15) is 4.79 Å². The summed E-state index contributed by atoms with van der Waals surface area (Å²) in [5.74, 6) is -0.132. The average molecular weight is 295 g/mol. The fourth-order valence-electron chi connectivity index (χ4n) is 3.45. The van der Waals surface area contributed by atoms with Gasteiger partial charge in [0.1, 0.15) is 0 Å². The summed E-state index contributed by atoms with van der Waals surface area (Å²) in [6, 6.07) is 16.3. The lowest BCUT2D eigenvalue weighted by Crippen LogP contribution is -2.31. The van der Waals surface area contributed by atoms with Crippen LogP contribution in [0.25, 0.3) is 0 Å². The van der Waals surface area contributed by atoms with Gasteiger partial charge in [-0.15, -0.1) is 0 Å². The molecule has 0 amide bonds. The van der Waals surface area contributed by atoms with Crippen molar-refractivity contribution >= 4 is 11.7 Å². The molecule has 0 heterocycles. The maximum Gasteiger partial charge on any atom is 0.306 e. The van der Waals surface area contributed by atoms with Crippen molar-refractivity contribution in [2.75, 3.05) is 12.3 Å². The Kier molecular flexibility index (Phi) is 3.88. The molecule has 0 aromatic heterocycles. The summed E-state index contributed by atoms with van der Waals surface area (Å²) < 4.78 is 5.21. The quantitative estimate of drug-likeness (QED) is 0.696. The van der Waals surface area contributed by atoms with Crippen LogP contribution < -0.4 is 5.73 Å². The number of benzene rings is 2. The van der Waals surface area contributed by atoms with E-state index < -0.39 is 0 Å². The first-order valence-corrected chi connectivity index (χ1v) is 7.71. The van der Waals surface area contributed by atoms with Crippen LogP contribution in [0.5, 0.6) is 0 Å². The van der Waals surface area contributed by atoms with Gasteiger partial charge in [0.2, 0.25) is 0 Å². The number of hydrogen-bond acceptors (Lipinski definition) is 3. The molecule has 0 spiro atoms. The first-order chi connectivity index (χ1) is 10.6. The Morgan fingerprint density at radius 1 is 1.09 bits per heavy atom. The molecule has 0 saturated heterocycles. The number of esters is 1. The zero-order valence-electron chi connectivity index (χ0n) is 12.8. The predicted octanol–water partition coefficient (Wildman–Crippen LogP) is 3.26. The van der Waals surface area contributed by atoms with Gasteiger partial charge in [0, 0.05) is 11.1 Å². The Bertz CT molecular complexity index is 651. The van der Waals surface area contributed by atoms with Gasteiger partial charge < -0.3 is 10.5 Å². The van der Waals surface area contributed by atoms with Crippen molar-refractivity contribution in [2.45, 2.75) is 31.6 Å². The monoisotopic (exact) mass is 295 g/mol. The first-order valence-electron chi connectivity index (χ1n) is 7.71. The largest absolute Gasteiger partial charge is 0.466 e. The normalized spacial score (nSPS) is 15.3. The molecular weight excluding hydrogens is 274 g/mol. The third kappa shape index (κ3) is 2.71. The molecule has 3 rings (SSSR count). The zero-order chi connectivity index (χ0) is 15.6. The summed E-state index contributed by atoms with van der Waals surface area (Å²) in [6.45, 7) is 2.26. The zero-order valence-corrected chi connectivity index (χ0v) is 12.8. The van der Waals surface area contributed by atoms with Gasteiger partial charge in [-0.2, -0.15) is 0 Å². The molecule has 2 aromatic rings. The van der Waals surface area contributed by atoms with Gasteiger partial charge in [-0.25, -0.2) is 0 Å². The topological polar surface area (TPSA) is 52.3 Å². The van der Waals surface area contributed by atoms with Gasteiger partial charge in [0.05, 0.1) is 13.0 Å².